The number of rotatable bonds is 7. The molecule has 0 amide bonds. The highest BCUT2D eigenvalue weighted by atomic mass is 15.2. The van der Waals surface area contributed by atoms with E-state index in [1.54, 1.807) is 0 Å². The monoisotopic (exact) mass is 264 g/mol. The fourth-order valence-electron chi connectivity index (χ4n) is 2.96. The van der Waals surface area contributed by atoms with Gasteiger partial charge in [0.25, 0.3) is 0 Å². The largest absolute Gasteiger partial charge is 0.333 e. The van der Waals surface area contributed by atoms with Gasteiger partial charge in [0, 0.05) is 25.8 Å². The average Bonchev–Trinajstić information content (AvgIpc) is 2.85. The van der Waals surface area contributed by atoms with Gasteiger partial charge in [0.2, 0.25) is 0 Å². The zero-order chi connectivity index (χ0) is 13.5. The van der Waals surface area contributed by atoms with Crippen LogP contribution in [0.25, 0.3) is 0 Å². The highest BCUT2D eigenvalue weighted by molar-refractivity contribution is 4.98. The third-order valence-corrected chi connectivity index (χ3v) is 3.93. The Balaban J connectivity index is 1.85. The first-order valence-corrected chi connectivity index (χ1v) is 7.75. The van der Waals surface area contributed by atoms with Gasteiger partial charge in [-0.15, -0.1) is 0 Å². The Morgan fingerprint density at radius 1 is 1.42 bits per heavy atom. The van der Waals surface area contributed by atoms with Gasteiger partial charge in [0.05, 0.1) is 12.0 Å². The molecule has 0 spiro atoms. The first kappa shape index (κ1) is 14.5. The number of likely N-dealkylation sites (tertiary alicyclic amines) is 1. The number of imidazole rings is 1. The van der Waals surface area contributed by atoms with Crippen LogP contribution in [0, 0.1) is 5.92 Å². The van der Waals surface area contributed by atoms with Crippen LogP contribution in [0.1, 0.15) is 38.8 Å². The van der Waals surface area contributed by atoms with E-state index >= 15 is 0 Å². The van der Waals surface area contributed by atoms with Crippen molar-refractivity contribution in [3.05, 3.63) is 18.2 Å². The number of nitrogens with one attached hydrogen (secondary N) is 1. The number of nitrogens with zero attached hydrogens (tertiary/aromatic N) is 3. The molecule has 1 saturated heterocycles. The second kappa shape index (κ2) is 7.65. The van der Waals surface area contributed by atoms with Gasteiger partial charge in [-0.25, -0.2) is 4.98 Å². The quantitative estimate of drug-likeness (QED) is 0.819. The first-order chi connectivity index (χ1) is 9.33. The van der Waals surface area contributed by atoms with E-state index in [1.807, 2.05) is 12.5 Å². The Morgan fingerprint density at radius 2 is 2.32 bits per heavy atom. The van der Waals surface area contributed by atoms with Crippen LogP contribution < -0.4 is 5.32 Å². The molecule has 0 aromatic carbocycles. The number of hydrogen-bond acceptors (Lipinski definition) is 3. The summed E-state index contributed by atoms with van der Waals surface area (Å²) < 4.78 is 2.30. The highest BCUT2D eigenvalue weighted by Gasteiger charge is 2.20. The lowest BCUT2D eigenvalue weighted by molar-refractivity contribution is 0.162. The molecule has 0 aliphatic carbocycles. The van der Waals surface area contributed by atoms with Gasteiger partial charge in [-0.2, -0.15) is 0 Å². The van der Waals surface area contributed by atoms with Crippen molar-refractivity contribution in [2.75, 3.05) is 26.2 Å². The first-order valence-electron chi connectivity index (χ1n) is 7.75. The Bertz CT molecular complexity index is 361. The van der Waals surface area contributed by atoms with Crippen LogP contribution in [0.2, 0.25) is 0 Å². The SMILES string of the molecule is CCCn1cncc1CN1CCCC(CNCC)C1. The van der Waals surface area contributed by atoms with Crippen LogP contribution in [-0.2, 0) is 13.1 Å². The molecule has 0 bridgehead atoms. The maximum atomic E-state index is 4.30. The third-order valence-electron chi connectivity index (χ3n) is 3.93. The van der Waals surface area contributed by atoms with Crippen LogP contribution >= 0.6 is 0 Å². The minimum Gasteiger partial charge on any atom is -0.333 e. The topological polar surface area (TPSA) is 33.1 Å². The summed E-state index contributed by atoms with van der Waals surface area (Å²) in [5, 5.41) is 3.48. The van der Waals surface area contributed by atoms with E-state index in [-0.39, 0.29) is 0 Å². The maximum absolute atomic E-state index is 4.30. The van der Waals surface area contributed by atoms with Crippen molar-refractivity contribution in [3.63, 3.8) is 0 Å². The second-order valence-electron chi connectivity index (χ2n) is 5.63. The fourth-order valence-corrected chi connectivity index (χ4v) is 2.96. The van der Waals surface area contributed by atoms with Crippen LogP contribution in [0.4, 0.5) is 0 Å². The summed E-state index contributed by atoms with van der Waals surface area (Å²) >= 11 is 0. The van der Waals surface area contributed by atoms with Crippen LogP contribution in [0.15, 0.2) is 12.5 Å². The Morgan fingerprint density at radius 3 is 3.11 bits per heavy atom. The Hall–Kier alpha value is -0.870. The van der Waals surface area contributed by atoms with Crippen molar-refractivity contribution in [2.24, 2.45) is 5.92 Å². The Labute approximate surface area is 117 Å². The van der Waals surface area contributed by atoms with Crippen molar-refractivity contribution in [1.82, 2.24) is 19.8 Å². The molecule has 0 radical (unpaired) electrons. The van der Waals surface area contributed by atoms with E-state index in [1.165, 1.54) is 44.6 Å². The van der Waals surface area contributed by atoms with Crippen LogP contribution in [0.3, 0.4) is 0 Å². The standard InChI is InChI=1S/C15H28N4/c1-3-7-19-13-17-10-15(19)12-18-8-5-6-14(11-18)9-16-4-2/h10,13-14,16H,3-9,11-12H2,1-2H3. The number of hydrogen-bond donors (Lipinski definition) is 1. The van der Waals surface area contributed by atoms with Crippen molar-refractivity contribution in [1.29, 1.82) is 0 Å². The minimum atomic E-state index is 0.816. The zero-order valence-electron chi connectivity index (χ0n) is 12.4. The van der Waals surface area contributed by atoms with Gasteiger partial charge in [0.1, 0.15) is 0 Å². The molecule has 0 saturated carbocycles. The molecule has 4 nitrogen and oxygen atoms in total. The van der Waals surface area contributed by atoms with Gasteiger partial charge >= 0.3 is 0 Å². The molecule has 1 aromatic rings. The molecule has 1 atom stereocenters. The third kappa shape index (κ3) is 4.32. The molecule has 108 valence electrons. The normalized spacial score (nSPS) is 20.8. The minimum absolute atomic E-state index is 0.816. The lowest BCUT2D eigenvalue weighted by Gasteiger charge is -2.32. The lowest BCUT2D eigenvalue weighted by atomic mass is 9.98. The van der Waals surface area contributed by atoms with E-state index in [0.29, 0.717) is 0 Å². The summed E-state index contributed by atoms with van der Waals surface area (Å²) in [6, 6.07) is 0. The van der Waals surface area contributed by atoms with Crippen LogP contribution in [-0.4, -0.2) is 40.6 Å². The fraction of sp³-hybridized carbons (Fsp3) is 0.800. The molecule has 1 N–H and O–H groups in total. The molecule has 2 heterocycles. The van der Waals surface area contributed by atoms with Crippen LogP contribution in [0.5, 0.6) is 0 Å². The summed E-state index contributed by atoms with van der Waals surface area (Å²) in [6.45, 7) is 11.3. The average molecular weight is 264 g/mol. The smallest absolute Gasteiger partial charge is 0.0948 e. The van der Waals surface area contributed by atoms with E-state index < -0.39 is 0 Å². The molecule has 4 heteroatoms. The Kier molecular flexibility index (Phi) is 5.86. The highest BCUT2D eigenvalue weighted by Crippen LogP contribution is 2.18. The summed E-state index contributed by atoms with van der Waals surface area (Å²) in [6.07, 6.45) is 7.88. The molecule has 19 heavy (non-hydrogen) atoms. The predicted molar refractivity (Wildman–Crippen MR) is 79.1 cm³/mol. The molecule has 1 unspecified atom stereocenters. The molecule has 1 fully saturated rings. The second-order valence-corrected chi connectivity index (χ2v) is 5.63. The molecular weight excluding hydrogens is 236 g/mol. The molecule has 1 aliphatic rings. The predicted octanol–water partition coefficient (Wildman–Crippen LogP) is 2.11. The number of aryl methyl sites for hydroxylation is 1. The number of aromatic nitrogens is 2. The molecular formula is C15H28N4. The summed E-state index contributed by atoms with van der Waals surface area (Å²) in [5.41, 5.74) is 1.37. The van der Waals surface area contributed by atoms with E-state index in [9.17, 15) is 0 Å². The molecule has 1 aliphatic heterocycles. The van der Waals surface area contributed by atoms with Gasteiger partial charge < -0.3 is 9.88 Å². The van der Waals surface area contributed by atoms with E-state index in [0.717, 1.165) is 25.6 Å². The van der Waals surface area contributed by atoms with Crippen molar-refractivity contribution in [3.8, 4) is 0 Å². The van der Waals surface area contributed by atoms with Gasteiger partial charge in [0.15, 0.2) is 0 Å². The molecule has 2 rings (SSSR count). The van der Waals surface area contributed by atoms with Crippen molar-refractivity contribution in [2.45, 2.75) is 46.2 Å². The van der Waals surface area contributed by atoms with Gasteiger partial charge in [-0.3, -0.25) is 4.90 Å². The van der Waals surface area contributed by atoms with Crippen molar-refractivity contribution >= 4 is 0 Å². The van der Waals surface area contributed by atoms with Gasteiger partial charge in [-0.1, -0.05) is 13.8 Å². The van der Waals surface area contributed by atoms with E-state index in [2.05, 4.69) is 33.6 Å². The summed E-state index contributed by atoms with van der Waals surface area (Å²) in [5.74, 6) is 0.816. The number of piperidine rings is 1. The van der Waals surface area contributed by atoms with E-state index in [4.69, 9.17) is 0 Å². The lowest BCUT2D eigenvalue weighted by Crippen LogP contribution is -2.39. The van der Waals surface area contributed by atoms with Gasteiger partial charge in [-0.05, 0) is 44.8 Å². The maximum Gasteiger partial charge on any atom is 0.0948 e. The zero-order valence-corrected chi connectivity index (χ0v) is 12.4. The molecule has 1 aromatic heterocycles. The summed E-state index contributed by atoms with van der Waals surface area (Å²) in [7, 11) is 0. The summed E-state index contributed by atoms with van der Waals surface area (Å²) in [4.78, 5) is 6.89. The van der Waals surface area contributed by atoms with Crippen molar-refractivity contribution < 1.29 is 0 Å².